The van der Waals surface area contributed by atoms with Gasteiger partial charge in [0.25, 0.3) is 0 Å². The maximum atomic E-state index is 12.5. The van der Waals surface area contributed by atoms with Gasteiger partial charge in [0.1, 0.15) is 11.5 Å². The molecule has 0 saturated heterocycles. The number of benzene rings is 1. The normalized spacial score (nSPS) is 13.0. The summed E-state index contributed by atoms with van der Waals surface area (Å²) in [7, 11) is 0. The molecule has 1 heterocycles. The fourth-order valence-electron chi connectivity index (χ4n) is 1.86. The molecule has 0 radical (unpaired) electrons. The zero-order valence-corrected chi connectivity index (χ0v) is 11.4. The summed E-state index contributed by atoms with van der Waals surface area (Å²) in [5, 5.41) is 0. The monoisotopic (exact) mass is 298 g/mol. The van der Waals surface area contributed by atoms with E-state index in [1.165, 1.54) is 19.1 Å². The number of ether oxygens (including phenoxy) is 1. The molecule has 0 aliphatic heterocycles. The lowest BCUT2D eigenvalue weighted by Crippen LogP contribution is -2.04. The average Bonchev–Trinajstić information content (AvgIpc) is 2.86. The quantitative estimate of drug-likeness (QED) is 0.778. The second kappa shape index (κ2) is 5.63. The topological polar surface area (TPSA) is 39.4 Å². The van der Waals surface area contributed by atoms with Crippen molar-refractivity contribution in [2.24, 2.45) is 0 Å². The number of halogens is 3. The highest BCUT2D eigenvalue weighted by atomic mass is 19.4. The summed E-state index contributed by atoms with van der Waals surface area (Å²) in [6.07, 6.45) is -4.91. The third-order valence-electron chi connectivity index (χ3n) is 2.87. The Morgan fingerprint density at radius 2 is 1.76 bits per heavy atom. The number of furan rings is 1. The van der Waals surface area contributed by atoms with Gasteiger partial charge in [-0.25, -0.2) is 0 Å². The molecule has 0 aliphatic carbocycles. The van der Waals surface area contributed by atoms with Gasteiger partial charge in [0.05, 0.1) is 5.56 Å². The number of esters is 1. The minimum Gasteiger partial charge on any atom is -0.457 e. The second-order valence-electron chi connectivity index (χ2n) is 4.53. The molecule has 2 rings (SSSR count). The molecule has 0 amide bonds. The van der Waals surface area contributed by atoms with Crippen LogP contribution in [-0.4, -0.2) is 5.97 Å². The van der Waals surface area contributed by atoms with Crippen LogP contribution < -0.4 is 0 Å². The number of carbonyl (C=O) groups excluding carboxylic acids is 1. The lowest BCUT2D eigenvalue weighted by atomic mass is 10.1. The van der Waals surface area contributed by atoms with E-state index in [0.29, 0.717) is 17.1 Å². The first-order valence-corrected chi connectivity index (χ1v) is 6.22. The third kappa shape index (κ3) is 3.65. The van der Waals surface area contributed by atoms with Gasteiger partial charge in [-0.2, -0.15) is 13.2 Å². The minimum atomic E-state index is -4.36. The molecule has 1 unspecified atom stereocenters. The van der Waals surface area contributed by atoms with E-state index in [4.69, 9.17) is 9.15 Å². The zero-order chi connectivity index (χ0) is 15.6. The fourth-order valence-corrected chi connectivity index (χ4v) is 1.86. The maximum Gasteiger partial charge on any atom is 0.416 e. The fraction of sp³-hybridized carbons (Fsp3) is 0.267. The first-order chi connectivity index (χ1) is 9.77. The van der Waals surface area contributed by atoms with Gasteiger partial charge in [-0.3, -0.25) is 4.79 Å². The molecule has 2 aromatic rings. The highest BCUT2D eigenvalue weighted by Gasteiger charge is 2.30. The van der Waals surface area contributed by atoms with E-state index >= 15 is 0 Å². The summed E-state index contributed by atoms with van der Waals surface area (Å²) in [5.41, 5.74) is -0.199. The van der Waals surface area contributed by atoms with Gasteiger partial charge in [-0.1, -0.05) is 12.1 Å². The number of hydrogen-bond acceptors (Lipinski definition) is 3. The van der Waals surface area contributed by atoms with Gasteiger partial charge in [-0.05, 0) is 31.2 Å². The van der Waals surface area contributed by atoms with Crippen molar-refractivity contribution < 1.29 is 27.1 Å². The van der Waals surface area contributed by atoms with E-state index in [9.17, 15) is 18.0 Å². The molecule has 112 valence electrons. The van der Waals surface area contributed by atoms with Crippen molar-refractivity contribution in [3.8, 4) is 11.3 Å². The number of rotatable bonds is 3. The van der Waals surface area contributed by atoms with Gasteiger partial charge < -0.3 is 9.15 Å². The Morgan fingerprint density at radius 3 is 2.29 bits per heavy atom. The first kappa shape index (κ1) is 15.2. The highest BCUT2D eigenvalue weighted by molar-refractivity contribution is 5.66. The number of alkyl halides is 3. The molecule has 1 atom stereocenters. The van der Waals surface area contributed by atoms with Gasteiger partial charge in [0.15, 0.2) is 6.10 Å². The Balaban J connectivity index is 2.20. The summed E-state index contributed by atoms with van der Waals surface area (Å²) in [4.78, 5) is 10.9. The highest BCUT2D eigenvalue weighted by Crippen LogP contribution is 2.32. The van der Waals surface area contributed by atoms with E-state index in [1.54, 1.807) is 19.1 Å². The Kier molecular flexibility index (Phi) is 4.06. The van der Waals surface area contributed by atoms with Crippen LogP contribution in [0.15, 0.2) is 40.8 Å². The number of hydrogen-bond donors (Lipinski definition) is 0. The van der Waals surface area contributed by atoms with E-state index in [1.807, 2.05) is 0 Å². The van der Waals surface area contributed by atoms with E-state index < -0.39 is 23.8 Å². The van der Waals surface area contributed by atoms with Crippen LogP contribution in [0.4, 0.5) is 13.2 Å². The van der Waals surface area contributed by atoms with Crippen molar-refractivity contribution in [2.45, 2.75) is 26.1 Å². The Hall–Kier alpha value is -2.24. The van der Waals surface area contributed by atoms with Crippen molar-refractivity contribution in [1.82, 2.24) is 0 Å². The van der Waals surface area contributed by atoms with Gasteiger partial charge >= 0.3 is 12.1 Å². The van der Waals surface area contributed by atoms with Crippen LogP contribution in [0.5, 0.6) is 0 Å². The molecule has 0 N–H and O–H groups in total. The Morgan fingerprint density at radius 1 is 1.14 bits per heavy atom. The van der Waals surface area contributed by atoms with E-state index in [2.05, 4.69) is 0 Å². The smallest absolute Gasteiger partial charge is 0.416 e. The van der Waals surface area contributed by atoms with E-state index in [-0.39, 0.29) is 0 Å². The van der Waals surface area contributed by atoms with Crippen LogP contribution in [0.1, 0.15) is 31.3 Å². The molecule has 1 aromatic heterocycles. The van der Waals surface area contributed by atoms with Crippen molar-refractivity contribution in [1.29, 1.82) is 0 Å². The molecule has 21 heavy (non-hydrogen) atoms. The van der Waals surface area contributed by atoms with Crippen molar-refractivity contribution >= 4 is 5.97 Å². The predicted molar refractivity (Wildman–Crippen MR) is 69.3 cm³/mol. The summed E-state index contributed by atoms with van der Waals surface area (Å²) < 4.78 is 47.9. The molecule has 0 bridgehead atoms. The Bertz CT molecular complexity index is 626. The van der Waals surface area contributed by atoms with Gasteiger partial charge in [0, 0.05) is 12.5 Å². The molecule has 0 fully saturated rings. The summed E-state index contributed by atoms with van der Waals surface area (Å²) >= 11 is 0. The van der Waals surface area contributed by atoms with Gasteiger partial charge in [-0.15, -0.1) is 0 Å². The minimum absolute atomic E-state index is 0.415. The SMILES string of the molecule is CC(=O)OC(C)c1ccc(-c2ccc(C(F)(F)F)cc2)o1. The largest absolute Gasteiger partial charge is 0.457 e. The lowest BCUT2D eigenvalue weighted by Gasteiger charge is -2.08. The summed E-state index contributed by atoms with van der Waals surface area (Å²) in [5.74, 6) is 0.410. The molecule has 3 nitrogen and oxygen atoms in total. The van der Waals surface area contributed by atoms with Crippen LogP contribution in [0.2, 0.25) is 0 Å². The molecular weight excluding hydrogens is 285 g/mol. The van der Waals surface area contributed by atoms with E-state index in [0.717, 1.165) is 12.1 Å². The second-order valence-corrected chi connectivity index (χ2v) is 4.53. The first-order valence-electron chi connectivity index (χ1n) is 6.22. The van der Waals surface area contributed by atoms with Crippen molar-refractivity contribution in [3.63, 3.8) is 0 Å². The van der Waals surface area contributed by atoms with Gasteiger partial charge in [0.2, 0.25) is 0 Å². The Labute approximate surface area is 119 Å². The van der Waals surface area contributed by atoms with Crippen LogP contribution in [0, 0.1) is 0 Å². The summed E-state index contributed by atoms with van der Waals surface area (Å²) in [6, 6.07) is 7.91. The maximum absolute atomic E-state index is 12.5. The molecule has 6 heteroatoms. The molecular formula is C15H13F3O3. The number of carbonyl (C=O) groups is 1. The molecule has 0 aliphatic rings. The van der Waals surface area contributed by atoms with Crippen LogP contribution in [0.3, 0.4) is 0 Å². The average molecular weight is 298 g/mol. The standard InChI is InChI=1S/C15H13F3O3/c1-9(20-10(2)19)13-7-8-14(21-13)11-3-5-12(6-4-11)15(16,17)18/h3-9H,1-2H3. The van der Waals surface area contributed by atoms with Crippen molar-refractivity contribution in [2.75, 3.05) is 0 Å². The molecule has 1 aromatic carbocycles. The summed E-state index contributed by atoms with van der Waals surface area (Å²) in [6.45, 7) is 2.94. The predicted octanol–water partition coefficient (Wildman–Crippen LogP) is 4.59. The zero-order valence-electron chi connectivity index (χ0n) is 11.4. The van der Waals surface area contributed by atoms with Crippen LogP contribution in [0.25, 0.3) is 11.3 Å². The molecule has 0 saturated carbocycles. The van der Waals surface area contributed by atoms with Crippen LogP contribution >= 0.6 is 0 Å². The third-order valence-corrected chi connectivity index (χ3v) is 2.87. The van der Waals surface area contributed by atoms with Crippen molar-refractivity contribution in [3.05, 3.63) is 47.7 Å². The molecule has 0 spiro atoms. The van der Waals surface area contributed by atoms with Crippen LogP contribution in [-0.2, 0) is 15.7 Å². The lowest BCUT2D eigenvalue weighted by molar-refractivity contribution is -0.146.